The molecule has 0 aromatic carbocycles. The Morgan fingerprint density at radius 3 is 2.78 bits per heavy atom. The van der Waals surface area contributed by atoms with Crippen molar-refractivity contribution in [1.29, 1.82) is 0 Å². The third-order valence-corrected chi connectivity index (χ3v) is 1.62. The molecular weight excluding hydrogens is 118 g/mol. The molecule has 0 spiro atoms. The highest BCUT2D eigenvalue weighted by Crippen LogP contribution is 2.14. The number of aliphatic hydroxyl groups excluding tert-OH is 1. The van der Waals surface area contributed by atoms with Crippen LogP contribution in [-0.4, -0.2) is 22.1 Å². The van der Waals surface area contributed by atoms with Crippen LogP contribution in [-0.2, 0) is 0 Å². The minimum Gasteiger partial charge on any atom is -0.411 e. The van der Waals surface area contributed by atoms with Crippen molar-refractivity contribution in [3.63, 3.8) is 0 Å². The van der Waals surface area contributed by atoms with Crippen LogP contribution in [0.5, 0.6) is 0 Å². The van der Waals surface area contributed by atoms with E-state index in [-0.39, 0.29) is 6.10 Å². The fourth-order valence-corrected chi connectivity index (χ4v) is 1.11. The summed E-state index contributed by atoms with van der Waals surface area (Å²) in [5, 5.41) is 20.4. The molecule has 1 saturated carbocycles. The van der Waals surface area contributed by atoms with E-state index in [2.05, 4.69) is 5.16 Å². The van der Waals surface area contributed by atoms with Crippen molar-refractivity contribution in [2.45, 2.75) is 31.8 Å². The highest BCUT2D eigenvalue weighted by Gasteiger charge is 2.14. The molecule has 1 aliphatic rings. The molecule has 0 saturated heterocycles. The molecule has 0 aromatic rings. The van der Waals surface area contributed by atoms with E-state index in [1.165, 1.54) is 0 Å². The molecule has 1 fully saturated rings. The van der Waals surface area contributed by atoms with Gasteiger partial charge in [-0.1, -0.05) is 5.16 Å². The number of aliphatic hydroxyl groups is 1. The lowest BCUT2D eigenvalue weighted by molar-refractivity contribution is 0.160. The molecule has 3 nitrogen and oxygen atoms in total. The topological polar surface area (TPSA) is 52.8 Å². The van der Waals surface area contributed by atoms with Crippen molar-refractivity contribution in [1.82, 2.24) is 0 Å². The zero-order valence-corrected chi connectivity index (χ0v) is 5.25. The number of nitrogens with zero attached hydrogens (tertiary/aromatic N) is 1. The van der Waals surface area contributed by atoms with Crippen molar-refractivity contribution in [3.8, 4) is 0 Å². The molecule has 9 heavy (non-hydrogen) atoms. The van der Waals surface area contributed by atoms with Crippen LogP contribution in [0.15, 0.2) is 5.16 Å². The first-order valence-electron chi connectivity index (χ1n) is 3.21. The standard InChI is InChI=1S/C6H11NO2/c8-6-3-1-2-5(4-6)7-9/h6,8-9H,1-4H2/b7-5+. The molecule has 0 bridgehead atoms. The third kappa shape index (κ3) is 1.68. The van der Waals surface area contributed by atoms with Crippen LogP contribution in [0.3, 0.4) is 0 Å². The van der Waals surface area contributed by atoms with Crippen LogP contribution in [0, 0.1) is 0 Å². The summed E-state index contributed by atoms with van der Waals surface area (Å²) in [4.78, 5) is 0. The lowest BCUT2D eigenvalue weighted by Gasteiger charge is -2.16. The molecular formula is C6H11NO2. The van der Waals surface area contributed by atoms with Crippen molar-refractivity contribution in [2.24, 2.45) is 5.16 Å². The largest absolute Gasteiger partial charge is 0.411 e. The summed E-state index contributed by atoms with van der Waals surface area (Å²) in [6.45, 7) is 0. The zero-order chi connectivity index (χ0) is 6.69. The molecule has 0 amide bonds. The van der Waals surface area contributed by atoms with Gasteiger partial charge >= 0.3 is 0 Å². The minimum atomic E-state index is -0.273. The molecule has 3 heteroatoms. The first-order chi connectivity index (χ1) is 4.33. The smallest absolute Gasteiger partial charge is 0.0596 e. The second-order valence-electron chi connectivity index (χ2n) is 2.42. The van der Waals surface area contributed by atoms with Crippen LogP contribution in [0.1, 0.15) is 25.7 Å². The van der Waals surface area contributed by atoms with Crippen molar-refractivity contribution in [2.75, 3.05) is 0 Å². The quantitative estimate of drug-likeness (QED) is 0.374. The molecule has 0 heterocycles. The van der Waals surface area contributed by atoms with E-state index in [0.29, 0.717) is 6.42 Å². The average Bonchev–Trinajstić information content (AvgIpc) is 1.88. The summed E-state index contributed by atoms with van der Waals surface area (Å²) >= 11 is 0. The third-order valence-electron chi connectivity index (χ3n) is 1.62. The van der Waals surface area contributed by atoms with Crippen molar-refractivity contribution in [3.05, 3.63) is 0 Å². The normalized spacial score (nSPS) is 33.0. The Kier molecular flexibility index (Phi) is 2.05. The fourth-order valence-electron chi connectivity index (χ4n) is 1.11. The van der Waals surface area contributed by atoms with Gasteiger partial charge in [-0.2, -0.15) is 0 Å². The van der Waals surface area contributed by atoms with E-state index < -0.39 is 0 Å². The number of hydrogen-bond donors (Lipinski definition) is 2. The lowest BCUT2D eigenvalue weighted by atomic mass is 9.96. The van der Waals surface area contributed by atoms with Gasteiger partial charge in [-0.25, -0.2) is 0 Å². The summed E-state index contributed by atoms with van der Waals surface area (Å²) in [6, 6.07) is 0. The predicted molar refractivity (Wildman–Crippen MR) is 33.7 cm³/mol. The predicted octanol–water partition coefficient (Wildman–Crippen LogP) is 0.752. The Morgan fingerprint density at radius 2 is 2.33 bits per heavy atom. The molecule has 1 rings (SSSR count). The monoisotopic (exact) mass is 129 g/mol. The van der Waals surface area contributed by atoms with E-state index in [1.807, 2.05) is 0 Å². The summed E-state index contributed by atoms with van der Waals surface area (Å²) in [7, 11) is 0. The van der Waals surface area contributed by atoms with Gasteiger partial charge in [0.2, 0.25) is 0 Å². The Bertz CT molecular complexity index is 122. The molecule has 1 atom stereocenters. The fraction of sp³-hybridized carbons (Fsp3) is 0.833. The molecule has 0 radical (unpaired) electrons. The maximum atomic E-state index is 9.02. The molecule has 2 N–H and O–H groups in total. The molecule has 1 aliphatic carbocycles. The number of hydrogen-bond acceptors (Lipinski definition) is 3. The van der Waals surface area contributed by atoms with Crippen LogP contribution >= 0.6 is 0 Å². The van der Waals surface area contributed by atoms with Crippen LogP contribution < -0.4 is 0 Å². The first kappa shape index (κ1) is 6.55. The second kappa shape index (κ2) is 2.82. The molecule has 52 valence electrons. The van der Waals surface area contributed by atoms with Gasteiger partial charge < -0.3 is 10.3 Å². The van der Waals surface area contributed by atoms with E-state index in [0.717, 1.165) is 25.0 Å². The van der Waals surface area contributed by atoms with Gasteiger partial charge in [-0.05, 0) is 19.3 Å². The maximum absolute atomic E-state index is 9.02. The van der Waals surface area contributed by atoms with Gasteiger partial charge in [-0.15, -0.1) is 0 Å². The summed E-state index contributed by atoms with van der Waals surface area (Å²) in [6.07, 6.45) is 2.91. The number of oxime groups is 1. The van der Waals surface area contributed by atoms with E-state index in [4.69, 9.17) is 10.3 Å². The highest BCUT2D eigenvalue weighted by atomic mass is 16.4. The van der Waals surface area contributed by atoms with Crippen LogP contribution in [0.4, 0.5) is 0 Å². The maximum Gasteiger partial charge on any atom is 0.0596 e. The molecule has 0 aromatic heterocycles. The van der Waals surface area contributed by atoms with Gasteiger partial charge in [0.15, 0.2) is 0 Å². The van der Waals surface area contributed by atoms with Crippen LogP contribution in [0.2, 0.25) is 0 Å². The molecule has 1 unspecified atom stereocenters. The summed E-state index contributed by atoms with van der Waals surface area (Å²) in [5.41, 5.74) is 0.730. The summed E-state index contributed by atoms with van der Waals surface area (Å²) < 4.78 is 0. The highest BCUT2D eigenvalue weighted by molar-refractivity contribution is 5.84. The second-order valence-corrected chi connectivity index (χ2v) is 2.42. The SMILES string of the molecule is O/N=C1\CCCC(O)C1. The Balaban J connectivity index is 2.41. The van der Waals surface area contributed by atoms with Gasteiger partial charge in [0.1, 0.15) is 0 Å². The Morgan fingerprint density at radius 1 is 1.56 bits per heavy atom. The first-order valence-corrected chi connectivity index (χ1v) is 3.21. The minimum absolute atomic E-state index is 0.273. The summed E-state index contributed by atoms with van der Waals surface area (Å²) in [5.74, 6) is 0. The molecule has 0 aliphatic heterocycles. The van der Waals surface area contributed by atoms with Crippen molar-refractivity contribution < 1.29 is 10.3 Å². The van der Waals surface area contributed by atoms with E-state index in [1.54, 1.807) is 0 Å². The number of rotatable bonds is 0. The van der Waals surface area contributed by atoms with Gasteiger partial charge in [0.25, 0.3) is 0 Å². The average molecular weight is 129 g/mol. The van der Waals surface area contributed by atoms with Gasteiger partial charge in [0, 0.05) is 6.42 Å². The Hall–Kier alpha value is -0.570. The van der Waals surface area contributed by atoms with Gasteiger partial charge in [-0.3, -0.25) is 0 Å². The van der Waals surface area contributed by atoms with Gasteiger partial charge in [0.05, 0.1) is 11.8 Å². The van der Waals surface area contributed by atoms with Crippen LogP contribution in [0.25, 0.3) is 0 Å². The van der Waals surface area contributed by atoms with E-state index >= 15 is 0 Å². The Labute approximate surface area is 54.0 Å². The van der Waals surface area contributed by atoms with E-state index in [9.17, 15) is 0 Å². The van der Waals surface area contributed by atoms with Crippen molar-refractivity contribution >= 4 is 5.71 Å². The lowest BCUT2D eigenvalue weighted by Crippen LogP contribution is -2.18. The zero-order valence-electron chi connectivity index (χ0n) is 5.25.